The number of hydrogen-bond acceptors (Lipinski definition) is 8. The maximum Gasteiger partial charge on any atom is 0.322 e. The minimum absolute atomic E-state index is 0.00349. The van der Waals surface area contributed by atoms with Crippen molar-refractivity contribution >= 4 is 45.1 Å². The fourth-order valence-electron chi connectivity index (χ4n) is 4.65. The summed E-state index contributed by atoms with van der Waals surface area (Å²) in [6.45, 7) is 0. The van der Waals surface area contributed by atoms with E-state index in [0.717, 1.165) is 31.9 Å². The number of hydrogen-bond donors (Lipinski definition) is 4. The molecule has 2 unspecified atom stereocenters. The summed E-state index contributed by atoms with van der Waals surface area (Å²) in [5, 5.41) is 7.34. The molecule has 11 nitrogen and oxygen atoms in total. The van der Waals surface area contributed by atoms with Crippen LogP contribution in [0.5, 0.6) is 0 Å². The van der Waals surface area contributed by atoms with E-state index in [4.69, 9.17) is 17.3 Å². The fraction of sp³-hybridized carbons (Fsp3) is 0.435. The van der Waals surface area contributed by atoms with Crippen molar-refractivity contribution in [2.75, 3.05) is 11.6 Å². The van der Waals surface area contributed by atoms with Crippen LogP contribution in [0.2, 0.25) is 5.02 Å². The average Bonchev–Trinajstić information content (AvgIpc) is 3.42. The molecule has 4 amide bonds. The van der Waals surface area contributed by atoms with Gasteiger partial charge in [0.25, 0.3) is 5.91 Å². The van der Waals surface area contributed by atoms with Gasteiger partial charge in [-0.15, -0.1) is 0 Å². The molecule has 4 rings (SSSR count). The summed E-state index contributed by atoms with van der Waals surface area (Å²) in [5.41, 5.74) is 6.10. The Morgan fingerprint density at radius 3 is 2.50 bits per heavy atom. The van der Waals surface area contributed by atoms with Gasteiger partial charge >= 0.3 is 6.03 Å². The van der Waals surface area contributed by atoms with Gasteiger partial charge in [0, 0.05) is 12.7 Å². The number of anilines is 1. The van der Waals surface area contributed by atoms with Gasteiger partial charge in [0.05, 0.1) is 28.0 Å². The third kappa shape index (κ3) is 5.66. The Morgan fingerprint density at radius 2 is 1.94 bits per heavy atom. The average molecular weight is 535 g/mol. The van der Waals surface area contributed by atoms with Crippen molar-refractivity contribution in [1.82, 2.24) is 20.6 Å². The van der Waals surface area contributed by atoms with Crippen LogP contribution in [0.4, 0.5) is 10.6 Å². The summed E-state index contributed by atoms with van der Waals surface area (Å²) < 4.78 is 24.0. The van der Waals surface area contributed by atoms with Crippen LogP contribution in [0.1, 0.15) is 43.4 Å². The number of benzene rings is 1. The van der Waals surface area contributed by atoms with Crippen LogP contribution in [0.3, 0.4) is 0 Å². The van der Waals surface area contributed by atoms with E-state index in [2.05, 4.69) is 25.9 Å². The lowest BCUT2D eigenvalue weighted by Gasteiger charge is -2.31. The number of aromatic nitrogens is 2. The van der Waals surface area contributed by atoms with E-state index < -0.39 is 39.3 Å². The predicted octanol–water partition coefficient (Wildman–Crippen LogP) is 1.66. The zero-order valence-corrected chi connectivity index (χ0v) is 21.2. The number of halogens is 1. The van der Waals surface area contributed by atoms with Gasteiger partial charge in [-0.25, -0.2) is 18.2 Å². The van der Waals surface area contributed by atoms with Crippen molar-refractivity contribution < 1.29 is 22.8 Å². The number of urea groups is 1. The molecule has 0 bridgehead atoms. The molecule has 5 N–H and O–H groups in total. The first-order chi connectivity index (χ1) is 17.0. The Labute approximate surface area is 213 Å². The Kier molecular flexibility index (Phi) is 7.30. The zero-order valence-electron chi connectivity index (χ0n) is 19.6. The van der Waals surface area contributed by atoms with Gasteiger partial charge in [-0.05, 0) is 30.0 Å². The SMILES string of the molecule is CS(=O)(=O)c1ccc(C(N)(CC2CCCC2)C(=O)Nc2cnc(CC3NC(=O)NC3=O)cn2)cc1Cl. The second-order valence-electron chi connectivity index (χ2n) is 9.31. The quantitative estimate of drug-likeness (QED) is 0.370. The third-order valence-corrected chi connectivity index (χ3v) is 8.14. The summed E-state index contributed by atoms with van der Waals surface area (Å²) >= 11 is 6.26. The molecule has 1 aromatic carbocycles. The molecule has 0 radical (unpaired) electrons. The Morgan fingerprint density at radius 1 is 1.22 bits per heavy atom. The van der Waals surface area contributed by atoms with Gasteiger partial charge in [-0.3, -0.25) is 19.9 Å². The number of sulfone groups is 1. The van der Waals surface area contributed by atoms with Gasteiger partial charge in [0.2, 0.25) is 5.91 Å². The molecular weight excluding hydrogens is 508 g/mol. The highest BCUT2D eigenvalue weighted by molar-refractivity contribution is 7.90. The van der Waals surface area contributed by atoms with E-state index in [1.165, 1.54) is 30.6 Å². The summed E-state index contributed by atoms with van der Waals surface area (Å²) in [7, 11) is -3.55. The van der Waals surface area contributed by atoms with E-state index >= 15 is 0 Å². The first-order valence-corrected chi connectivity index (χ1v) is 13.8. The van der Waals surface area contributed by atoms with Crippen molar-refractivity contribution in [3.8, 4) is 0 Å². The third-order valence-electron chi connectivity index (χ3n) is 6.56. The Bertz CT molecular complexity index is 1300. The van der Waals surface area contributed by atoms with E-state index in [9.17, 15) is 22.8 Å². The molecule has 192 valence electrons. The second-order valence-corrected chi connectivity index (χ2v) is 11.7. The fourth-order valence-corrected chi connectivity index (χ4v) is 5.98. The van der Waals surface area contributed by atoms with Crippen LogP contribution in [-0.4, -0.2) is 48.5 Å². The number of rotatable bonds is 8. The van der Waals surface area contributed by atoms with E-state index in [1.54, 1.807) is 0 Å². The van der Waals surface area contributed by atoms with Crippen molar-refractivity contribution in [3.63, 3.8) is 0 Å². The molecule has 2 fully saturated rings. The molecular formula is C23H27ClN6O5S. The summed E-state index contributed by atoms with van der Waals surface area (Å²) in [6, 6.07) is 3.01. The summed E-state index contributed by atoms with van der Waals surface area (Å²) in [5.74, 6) is -0.583. The van der Waals surface area contributed by atoms with E-state index in [1.807, 2.05) is 0 Å². The highest BCUT2D eigenvalue weighted by Gasteiger charge is 2.40. The standard InChI is InChI=1S/C23H27ClN6O5S/c1-36(34,35)18-7-6-14(8-16(18)24)23(25,10-13-4-2-3-5-13)21(32)29-19-12-26-15(11-27-19)9-17-20(31)30-22(33)28-17/h6-8,11-13,17H,2-5,9-10,25H2,1H3,(H,27,29,32)(H2,28,30,31,33). The smallest absolute Gasteiger partial charge is 0.322 e. The molecule has 2 heterocycles. The highest BCUT2D eigenvalue weighted by Crippen LogP contribution is 2.37. The zero-order chi connectivity index (χ0) is 26.1. The summed E-state index contributed by atoms with van der Waals surface area (Å²) in [4.78, 5) is 44.9. The van der Waals surface area contributed by atoms with Gasteiger partial charge < -0.3 is 16.4 Å². The predicted molar refractivity (Wildman–Crippen MR) is 132 cm³/mol. The molecule has 0 spiro atoms. The molecule has 2 aromatic rings. The molecule has 1 saturated carbocycles. The number of carbonyl (C=O) groups excluding carboxylic acids is 3. The normalized spacial score (nSPS) is 20.0. The van der Waals surface area contributed by atoms with Crippen LogP contribution >= 0.6 is 11.6 Å². The topological polar surface area (TPSA) is 173 Å². The number of nitrogens with two attached hydrogens (primary N) is 1. The molecule has 1 saturated heterocycles. The second kappa shape index (κ2) is 10.1. The number of carbonyl (C=O) groups is 3. The Balaban J connectivity index is 1.55. The molecule has 2 atom stereocenters. The van der Waals surface area contributed by atoms with Crippen molar-refractivity contribution in [3.05, 3.63) is 46.9 Å². The lowest BCUT2D eigenvalue weighted by molar-refractivity contribution is -0.122. The van der Waals surface area contributed by atoms with E-state index in [-0.39, 0.29) is 28.1 Å². The van der Waals surface area contributed by atoms with Crippen LogP contribution in [0.15, 0.2) is 35.5 Å². The van der Waals surface area contributed by atoms with Gasteiger partial charge in [0.1, 0.15) is 11.6 Å². The van der Waals surface area contributed by atoms with Crippen molar-refractivity contribution in [1.29, 1.82) is 0 Å². The van der Waals surface area contributed by atoms with Crippen molar-refractivity contribution in [2.24, 2.45) is 11.7 Å². The maximum absolute atomic E-state index is 13.5. The number of amides is 4. The van der Waals surface area contributed by atoms with Gasteiger partial charge in [-0.1, -0.05) is 43.4 Å². The summed E-state index contributed by atoms with van der Waals surface area (Å²) in [6.07, 6.45) is 8.32. The van der Waals surface area contributed by atoms with Crippen LogP contribution < -0.4 is 21.7 Å². The first kappa shape index (κ1) is 26.0. The Hall–Kier alpha value is -3.09. The minimum Gasteiger partial charge on any atom is -0.326 e. The molecule has 13 heteroatoms. The highest BCUT2D eigenvalue weighted by atomic mass is 35.5. The lowest BCUT2D eigenvalue weighted by Crippen LogP contribution is -2.49. The minimum atomic E-state index is -3.55. The maximum atomic E-state index is 13.5. The molecule has 2 aliphatic rings. The molecule has 36 heavy (non-hydrogen) atoms. The first-order valence-electron chi connectivity index (χ1n) is 11.5. The van der Waals surface area contributed by atoms with Gasteiger partial charge in [-0.2, -0.15) is 0 Å². The monoisotopic (exact) mass is 534 g/mol. The lowest BCUT2D eigenvalue weighted by atomic mass is 9.80. The van der Waals surface area contributed by atoms with Crippen LogP contribution in [0.25, 0.3) is 0 Å². The van der Waals surface area contributed by atoms with Crippen LogP contribution in [-0.2, 0) is 31.4 Å². The largest absolute Gasteiger partial charge is 0.326 e. The number of nitrogens with one attached hydrogen (secondary N) is 3. The number of nitrogens with zero attached hydrogens (tertiary/aromatic N) is 2. The van der Waals surface area contributed by atoms with Crippen molar-refractivity contribution in [2.45, 2.75) is 55.0 Å². The van der Waals surface area contributed by atoms with Crippen LogP contribution in [0, 0.1) is 5.92 Å². The molecule has 1 aliphatic heterocycles. The van der Waals surface area contributed by atoms with Gasteiger partial charge in [0.15, 0.2) is 15.7 Å². The number of imide groups is 1. The molecule has 1 aromatic heterocycles. The molecule has 1 aliphatic carbocycles. The van der Waals surface area contributed by atoms with E-state index in [0.29, 0.717) is 17.7 Å².